The highest BCUT2D eigenvalue weighted by molar-refractivity contribution is 7.38. The lowest BCUT2D eigenvalue weighted by molar-refractivity contribution is 0.147. The van der Waals surface area contributed by atoms with Gasteiger partial charge in [0, 0.05) is 13.5 Å². The van der Waals surface area contributed by atoms with Crippen molar-refractivity contribution in [1.29, 1.82) is 0 Å². The van der Waals surface area contributed by atoms with Gasteiger partial charge in [-0.25, -0.2) is 0 Å². The fraction of sp³-hybridized carbons (Fsp3) is 1.00. The summed E-state index contributed by atoms with van der Waals surface area (Å²) in [6, 6.07) is 0. The Bertz CT molecular complexity index is 174. The molecule has 2 atom stereocenters. The number of hydrogen-bond acceptors (Lipinski definition) is 2. The Hall–Kier alpha value is 0.0200. The maximum absolute atomic E-state index is 10.8. The Morgan fingerprint density at radius 1 is 1.06 bits per heavy atom. The molecule has 96 valence electrons. The monoisotopic (exact) mass is 249 g/mol. The lowest BCUT2D eigenvalue weighted by Crippen LogP contribution is -2.04. The van der Waals surface area contributed by atoms with Crippen LogP contribution in [-0.2, 0) is 9.30 Å². The van der Waals surface area contributed by atoms with Gasteiger partial charge in [0.2, 0.25) is 0 Å². The lowest BCUT2D eigenvalue weighted by atomic mass is 10.1. The lowest BCUT2D eigenvalue weighted by Gasteiger charge is -2.03. The third-order valence-electron chi connectivity index (χ3n) is 2.82. The third kappa shape index (κ3) is 9.26. The molecule has 0 heterocycles. The van der Waals surface area contributed by atoms with Crippen molar-refractivity contribution in [1.82, 2.24) is 0 Å². The zero-order valence-corrected chi connectivity index (χ0v) is 11.5. The number of methoxy groups -OCH3 is 1. The van der Waals surface area contributed by atoms with Crippen LogP contribution < -0.4 is 0 Å². The topological polar surface area (TPSA) is 46.5 Å². The van der Waals surface area contributed by atoms with E-state index < -0.39 is 13.9 Å². The second-order valence-electron chi connectivity index (χ2n) is 4.26. The molecule has 0 aliphatic carbocycles. The average molecular weight is 249 g/mol. The maximum Gasteiger partial charge on any atom is 0.537 e. The van der Waals surface area contributed by atoms with E-state index in [4.69, 9.17) is 9.63 Å². The normalized spacial score (nSPS) is 13.8. The summed E-state index contributed by atoms with van der Waals surface area (Å²) < 4.78 is 15.7. The van der Waals surface area contributed by atoms with Crippen molar-refractivity contribution >= 4 is 8.03 Å². The molecular formula is C12H26O3P+. The first-order chi connectivity index (χ1) is 7.72. The van der Waals surface area contributed by atoms with Gasteiger partial charge in [0.1, 0.15) is 0 Å². The van der Waals surface area contributed by atoms with Gasteiger partial charge in [0.25, 0.3) is 5.85 Å². The van der Waals surface area contributed by atoms with E-state index >= 15 is 0 Å². The Morgan fingerprint density at radius 3 is 2.00 bits per heavy atom. The van der Waals surface area contributed by atoms with Crippen molar-refractivity contribution in [3.05, 3.63) is 0 Å². The van der Waals surface area contributed by atoms with Crippen LogP contribution in [0.4, 0.5) is 0 Å². The number of rotatable bonds is 11. The Morgan fingerprint density at radius 2 is 1.56 bits per heavy atom. The van der Waals surface area contributed by atoms with Crippen molar-refractivity contribution in [3.63, 3.8) is 0 Å². The van der Waals surface area contributed by atoms with E-state index in [1.165, 1.54) is 45.6 Å². The first-order valence-electron chi connectivity index (χ1n) is 6.40. The molecule has 0 saturated carbocycles. The zero-order chi connectivity index (χ0) is 12.2. The number of hydrogen-bond donors (Lipinski definition) is 1. The van der Waals surface area contributed by atoms with Crippen molar-refractivity contribution in [2.24, 2.45) is 0 Å². The van der Waals surface area contributed by atoms with E-state index in [0.717, 1.165) is 12.8 Å². The SMILES string of the molecule is CCCCCCCCCCC(OC)[P+](=O)O. The van der Waals surface area contributed by atoms with Crippen LogP contribution in [0.5, 0.6) is 0 Å². The van der Waals surface area contributed by atoms with Crippen LogP contribution in [0.1, 0.15) is 64.7 Å². The van der Waals surface area contributed by atoms with Crippen LogP contribution in [-0.4, -0.2) is 17.8 Å². The fourth-order valence-electron chi connectivity index (χ4n) is 1.77. The summed E-state index contributed by atoms with van der Waals surface area (Å²) >= 11 is 0. The number of ether oxygens (including phenoxy) is 1. The Balaban J connectivity index is 3.22. The van der Waals surface area contributed by atoms with Gasteiger partial charge in [0.15, 0.2) is 0 Å². The smallest absolute Gasteiger partial charge is 0.336 e. The molecule has 0 aromatic carbocycles. The van der Waals surface area contributed by atoms with Gasteiger partial charge in [-0.1, -0.05) is 51.9 Å². The zero-order valence-electron chi connectivity index (χ0n) is 10.7. The summed E-state index contributed by atoms with van der Waals surface area (Å²) in [5.41, 5.74) is 0. The summed E-state index contributed by atoms with van der Waals surface area (Å²) in [5, 5.41) is 0. The van der Waals surface area contributed by atoms with Crippen LogP contribution in [0.3, 0.4) is 0 Å². The Kier molecular flexibility index (Phi) is 11.5. The van der Waals surface area contributed by atoms with Gasteiger partial charge in [-0.3, -0.25) is 0 Å². The maximum atomic E-state index is 10.8. The predicted octanol–water partition coefficient (Wildman–Crippen LogP) is 4.22. The summed E-state index contributed by atoms with van der Waals surface area (Å²) in [7, 11) is -0.670. The van der Waals surface area contributed by atoms with Gasteiger partial charge >= 0.3 is 8.03 Å². The van der Waals surface area contributed by atoms with E-state index in [1.807, 2.05) is 0 Å². The number of unbranched alkanes of at least 4 members (excludes halogenated alkanes) is 7. The molecule has 0 bridgehead atoms. The molecule has 4 heteroatoms. The standard InChI is InChI=1S/C12H25O3P/c1-3-4-5-6-7-8-9-10-11-12(15-2)16(13)14/h12H,3-11H2,1-2H3/p+1. The summed E-state index contributed by atoms with van der Waals surface area (Å²) in [5.74, 6) is -0.463. The summed E-state index contributed by atoms with van der Waals surface area (Å²) in [6.07, 6.45) is 10.7. The molecule has 0 rings (SSSR count). The van der Waals surface area contributed by atoms with Crippen LogP contribution in [0.15, 0.2) is 0 Å². The highest BCUT2D eigenvalue weighted by Crippen LogP contribution is 2.27. The highest BCUT2D eigenvalue weighted by Gasteiger charge is 2.27. The van der Waals surface area contributed by atoms with Crippen molar-refractivity contribution in [2.45, 2.75) is 70.6 Å². The minimum absolute atomic E-state index is 0.463. The molecule has 0 fully saturated rings. The Labute approximate surface area is 100 Å². The highest BCUT2D eigenvalue weighted by atomic mass is 31.1. The van der Waals surface area contributed by atoms with E-state index in [1.54, 1.807) is 0 Å². The van der Waals surface area contributed by atoms with Gasteiger partial charge in [-0.05, 0) is 11.0 Å². The molecular weight excluding hydrogens is 223 g/mol. The second kappa shape index (κ2) is 11.5. The van der Waals surface area contributed by atoms with Crippen molar-refractivity contribution < 1.29 is 14.2 Å². The molecule has 0 radical (unpaired) electrons. The van der Waals surface area contributed by atoms with Crippen LogP contribution in [0, 0.1) is 0 Å². The molecule has 2 unspecified atom stereocenters. The van der Waals surface area contributed by atoms with Gasteiger partial charge in [0.05, 0.1) is 0 Å². The molecule has 0 saturated heterocycles. The fourth-order valence-corrected chi connectivity index (χ4v) is 2.36. The molecule has 16 heavy (non-hydrogen) atoms. The molecule has 0 aromatic rings. The molecule has 0 spiro atoms. The van der Waals surface area contributed by atoms with Crippen LogP contribution in [0.2, 0.25) is 0 Å². The van der Waals surface area contributed by atoms with Crippen LogP contribution >= 0.6 is 8.03 Å². The summed E-state index contributed by atoms with van der Waals surface area (Å²) in [4.78, 5) is 8.90. The van der Waals surface area contributed by atoms with E-state index in [0.29, 0.717) is 6.42 Å². The van der Waals surface area contributed by atoms with Crippen molar-refractivity contribution in [2.75, 3.05) is 7.11 Å². The van der Waals surface area contributed by atoms with Gasteiger partial charge in [-0.2, -0.15) is 4.89 Å². The van der Waals surface area contributed by atoms with Gasteiger partial charge in [-0.15, -0.1) is 0 Å². The van der Waals surface area contributed by atoms with Gasteiger partial charge < -0.3 is 4.74 Å². The molecule has 0 aromatic heterocycles. The average Bonchev–Trinajstić information content (AvgIpc) is 2.26. The van der Waals surface area contributed by atoms with Crippen LogP contribution in [0.25, 0.3) is 0 Å². The van der Waals surface area contributed by atoms with Crippen molar-refractivity contribution in [3.8, 4) is 0 Å². The van der Waals surface area contributed by atoms with E-state index in [-0.39, 0.29) is 0 Å². The predicted molar refractivity (Wildman–Crippen MR) is 67.8 cm³/mol. The molecule has 0 amide bonds. The minimum Gasteiger partial charge on any atom is -0.336 e. The van der Waals surface area contributed by atoms with E-state index in [9.17, 15) is 4.57 Å². The third-order valence-corrected chi connectivity index (χ3v) is 3.78. The molecule has 0 aliphatic heterocycles. The quantitative estimate of drug-likeness (QED) is 0.440. The molecule has 1 N–H and O–H groups in total. The summed E-state index contributed by atoms with van der Waals surface area (Å²) in [6.45, 7) is 2.22. The first-order valence-corrected chi connectivity index (χ1v) is 7.68. The largest absolute Gasteiger partial charge is 0.537 e. The molecule has 3 nitrogen and oxygen atoms in total. The molecule has 0 aliphatic rings. The van der Waals surface area contributed by atoms with E-state index in [2.05, 4.69) is 6.92 Å². The minimum atomic E-state index is -2.17. The second-order valence-corrected chi connectivity index (χ2v) is 5.44. The first kappa shape index (κ1) is 16.0.